The van der Waals surface area contributed by atoms with Gasteiger partial charge in [-0.1, -0.05) is 30.3 Å². The van der Waals surface area contributed by atoms with Crippen molar-refractivity contribution < 1.29 is 14.3 Å². The predicted octanol–water partition coefficient (Wildman–Crippen LogP) is 3.62. The van der Waals surface area contributed by atoms with Crippen LogP contribution in [0.1, 0.15) is 30.9 Å². The van der Waals surface area contributed by atoms with Gasteiger partial charge >= 0.3 is 6.09 Å². The first-order valence-corrected chi connectivity index (χ1v) is 8.26. The second kappa shape index (κ2) is 6.69. The van der Waals surface area contributed by atoms with Crippen molar-refractivity contribution in [2.45, 2.75) is 31.9 Å². The van der Waals surface area contributed by atoms with Gasteiger partial charge in [0.25, 0.3) is 5.15 Å². The highest BCUT2D eigenvalue weighted by Gasteiger charge is 2.42. The molecule has 0 N–H and O–H groups in total. The van der Waals surface area contributed by atoms with Crippen LogP contribution in [0.4, 0.5) is 4.79 Å². The number of hydrogen-bond acceptors (Lipinski definition) is 3. The Labute approximate surface area is 146 Å². The third-order valence-electron chi connectivity index (χ3n) is 4.56. The van der Waals surface area contributed by atoms with E-state index in [-0.39, 0.29) is 17.9 Å². The topological polar surface area (TPSA) is 56.5 Å². The Hall–Kier alpha value is -2.27. The molecule has 5 nitrogen and oxygen atoms in total. The number of carbonyl (C=O) groups is 1. The number of benzene rings is 1. The van der Waals surface area contributed by atoms with Gasteiger partial charge in [0.1, 0.15) is 6.61 Å². The zero-order valence-corrected chi connectivity index (χ0v) is 14.2. The Kier molecular flexibility index (Phi) is 4.62. The van der Waals surface area contributed by atoms with E-state index in [1.54, 1.807) is 17.0 Å². The van der Waals surface area contributed by atoms with Crippen molar-refractivity contribution in [3.63, 3.8) is 0 Å². The summed E-state index contributed by atoms with van der Waals surface area (Å²) in [6.45, 7) is 2.83. The molecular formula is C18H19ClN2O3. The van der Waals surface area contributed by atoms with Gasteiger partial charge in [-0.3, -0.25) is 4.90 Å². The summed E-state index contributed by atoms with van der Waals surface area (Å²) in [4.78, 5) is 14.3. The van der Waals surface area contributed by atoms with E-state index in [0.717, 1.165) is 24.0 Å². The number of carbonyl (C=O) groups excluding carboxylic acids is 1. The molecular weight excluding hydrogens is 328 g/mol. The summed E-state index contributed by atoms with van der Waals surface area (Å²) < 4.78 is 6.07. The lowest BCUT2D eigenvalue weighted by Gasteiger charge is -2.34. The van der Waals surface area contributed by atoms with Crippen molar-refractivity contribution in [2.75, 3.05) is 6.54 Å². The Bertz CT molecular complexity index is 738. The molecule has 6 heteroatoms. The number of halogens is 1. The second-order valence-corrected chi connectivity index (χ2v) is 6.52. The van der Waals surface area contributed by atoms with E-state index < -0.39 is 5.54 Å². The van der Waals surface area contributed by atoms with Crippen molar-refractivity contribution in [3.8, 4) is 0 Å². The number of amides is 1. The van der Waals surface area contributed by atoms with Gasteiger partial charge in [0.05, 0.1) is 5.54 Å². The third kappa shape index (κ3) is 3.17. The van der Waals surface area contributed by atoms with Gasteiger partial charge in [0.15, 0.2) is 6.20 Å². The molecule has 1 aliphatic heterocycles. The van der Waals surface area contributed by atoms with Gasteiger partial charge in [0, 0.05) is 18.7 Å². The molecule has 0 radical (unpaired) electrons. The highest BCUT2D eigenvalue weighted by molar-refractivity contribution is 6.28. The average molecular weight is 347 g/mol. The summed E-state index contributed by atoms with van der Waals surface area (Å²) in [5.74, 6) is 0. The normalized spacial score (nSPS) is 20.2. The lowest BCUT2D eigenvalue weighted by Crippen LogP contribution is -2.43. The molecule has 1 amide bonds. The van der Waals surface area contributed by atoms with Gasteiger partial charge in [-0.2, -0.15) is 4.73 Å². The van der Waals surface area contributed by atoms with Crippen LogP contribution in [0.3, 0.4) is 0 Å². The van der Waals surface area contributed by atoms with Crippen molar-refractivity contribution in [1.82, 2.24) is 4.90 Å². The predicted molar refractivity (Wildman–Crippen MR) is 90.3 cm³/mol. The highest BCUT2D eigenvalue weighted by atomic mass is 35.5. The molecule has 1 saturated heterocycles. The first kappa shape index (κ1) is 16.6. The van der Waals surface area contributed by atoms with Gasteiger partial charge in [-0.15, -0.1) is 0 Å². The molecule has 1 aliphatic rings. The van der Waals surface area contributed by atoms with Gasteiger partial charge in [-0.25, -0.2) is 4.79 Å². The smallest absolute Gasteiger partial charge is 0.410 e. The van der Waals surface area contributed by atoms with E-state index in [1.165, 1.54) is 6.20 Å². The van der Waals surface area contributed by atoms with E-state index in [4.69, 9.17) is 16.3 Å². The number of ether oxygens (including phenoxy) is 1. The van der Waals surface area contributed by atoms with Crippen LogP contribution < -0.4 is 4.73 Å². The Balaban J connectivity index is 1.76. The lowest BCUT2D eigenvalue weighted by atomic mass is 9.90. The number of hydrogen-bond donors (Lipinski definition) is 0. The average Bonchev–Trinajstić information content (AvgIpc) is 2.99. The van der Waals surface area contributed by atoms with Crippen molar-refractivity contribution in [2.24, 2.45) is 0 Å². The van der Waals surface area contributed by atoms with Gasteiger partial charge in [-0.05, 0) is 42.5 Å². The van der Waals surface area contributed by atoms with Crippen LogP contribution in [-0.4, -0.2) is 17.5 Å². The van der Waals surface area contributed by atoms with E-state index in [0.29, 0.717) is 11.3 Å². The van der Waals surface area contributed by atoms with Crippen LogP contribution in [0.15, 0.2) is 48.7 Å². The molecule has 126 valence electrons. The van der Waals surface area contributed by atoms with Crippen LogP contribution in [0, 0.1) is 5.21 Å². The number of pyridine rings is 1. The molecule has 2 heterocycles. The molecule has 1 atom stereocenters. The van der Waals surface area contributed by atoms with E-state index in [2.05, 4.69) is 0 Å². The SMILES string of the molecule is C[C@]1(c2cc[n+]([O-])c(Cl)c2)CCCN1C(=O)OCc1ccccc1. The lowest BCUT2D eigenvalue weighted by molar-refractivity contribution is -0.603. The summed E-state index contributed by atoms with van der Waals surface area (Å²) >= 11 is 5.94. The van der Waals surface area contributed by atoms with Crippen LogP contribution in [0.5, 0.6) is 0 Å². The molecule has 3 rings (SSSR count). The monoisotopic (exact) mass is 346 g/mol. The van der Waals surface area contributed by atoms with E-state index in [1.807, 2.05) is 37.3 Å². The van der Waals surface area contributed by atoms with Crippen molar-refractivity contribution in [1.29, 1.82) is 0 Å². The molecule has 1 fully saturated rings. The van der Waals surface area contributed by atoms with E-state index >= 15 is 0 Å². The molecule has 1 aromatic carbocycles. The minimum Gasteiger partial charge on any atom is -0.618 e. The summed E-state index contributed by atoms with van der Waals surface area (Å²) in [6, 6.07) is 12.9. The fourth-order valence-corrected chi connectivity index (χ4v) is 3.32. The van der Waals surface area contributed by atoms with E-state index in [9.17, 15) is 10.0 Å². The Morgan fingerprint density at radius 1 is 1.38 bits per heavy atom. The largest absolute Gasteiger partial charge is 0.618 e. The Morgan fingerprint density at radius 2 is 2.12 bits per heavy atom. The Morgan fingerprint density at radius 3 is 2.83 bits per heavy atom. The molecule has 0 aliphatic carbocycles. The van der Waals surface area contributed by atoms with Crippen LogP contribution in [-0.2, 0) is 16.9 Å². The first-order valence-electron chi connectivity index (χ1n) is 7.88. The standard InChI is InChI=1S/C18H19ClN2O3/c1-18(15-8-11-21(23)16(19)12-15)9-5-10-20(18)17(22)24-13-14-6-3-2-4-7-14/h2-4,6-8,11-12H,5,9-10,13H2,1H3/t18-/m1/s1. The van der Waals surface area contributed by atoms with Gasteiger partial charge in [0.2, 0.25) is 0 Å². The molecule has 24 heavy (non-hydrogen) atoms. The highest BCUT2D eigenvalue weighted by Crippen LogP contribution is 2.39. The van der Waals surface area contributed by atoms with Crippen molar-refractivity contribution in [3.05, 3.63) is 70.1 Å². The molecule has 1 aromatic heterocycles. The fraction of sp³-hybridized carbons (Fsp3) is 0.333. The number of aromatic nitrogens is 1. The maximum atomic E-state index is 12.6. The number of nitrogens with zero attached hydrogens (tertiary/aromatic N) is 2. The molecule has 0 unspecified atom stereocenters. The molecule has 2 aromatic rings. The molecule has 0 saturated carbocycles. The van der Waals surface area contributed by atoms with Crippen LogP contribution in [0.2, 0.25) is 5.15 Å². The minimum absolute atomic E-state index is 0.0956. The molecule has 0 bridgehead atoms. The first-order chi connectivity index (χ1) is 11.5. The van der Waals surface area contributed by atoms with Gasteiger partial charge < -0.3 is 9.94 Å². The summed E-state index contributed by atoms with van der Waals surface area (Å²) in [6.07, 6.45) is 2.69. The maximum Gasteiger partial charge on any atom is 0.410 e. The van der Waals surface area contributed by atoms with Crippen LogP contribution in [0.25, 0.3) is 0 Å². The van der Waals surface area contributed by atoms with Crippen molar-refractivity contribution >= 4 is 17.7 Å². The summed E-state index contributed by atoms with van der Waals surface area (Å²) in [7, 11) is 0. The quantitative estimate of drug-likeness (QED) is 0.484. The maximum absolute atomic E-state index is 12.6. The second-order valence-electron chi connectivity index (χ2n) is 6.13. The minimum atomic E-state index is -0.522. The number of rotatable bonds is 3. The third-order valence-corrected chi connectivity index (χ3v) is 4.84. The summed E-state index contributed by atoms with van der Waals surface area (Å²) in [5.41, 5.74) is 1.27. The number of likely N-dealkylation sites (tertiary alicyclic amines) is 1. The fourth-order valence-electron chi connectivity index (χ4n) is 3.15. The summed E-state index contributed by atoms with van der Waals surface area (Å²) in [5, 5.41) is 11.5. The molecule has 0 spiro atoms. The van der Waals surface area contributed by atoms with Crippen LogP contribution >= 0.6 is 11.6 Å². The zero-order chi connectivity index (χ0) is 17.2. The zero-order valence-electron chi connectivity index (χ0n) is 13.4.